The first-order valence-corrected chi connectivity index (χ1v) is 4.33. The molecular weight excluding hydrogens is 256 g/mol. The van der Waals surface area contributed by atoms with Gasteiger partial charge in [-0.15, -0.1) is 9.81 Å². The molecular formula is C5H11N6O7+. The van der Waals surface area contributed by atoms with E-state index in [0.717, 1.165) is 0 Å². The van der Waals surface area contributed by atoms with Crippen molar-refractivity contribution in [3.63, 3.8) is 0 Å². The van der Waals surface area contributed by atoms with Gasteiger partial charge in [0.25, 0.3) is 5.78 Å². The number of carbonyl (C=O) groups excluding carboxylic acids is 1. The number of Topliss-reactive ketones (excluding diaryl/α,β-unsaturated/α-hetero) is 1. The molecule has 0 spiro atoms. The fourth-order valence-corrected chi connectivity index (χ4v) is 1.10. The lowest BCUT2D eigenvalue weighted by Gasteiger charge is -2.27. The van der Waals surface area contributed by atoms with E-state index in [1.807, 2.05) is 10.6 Å². The summed E-state index contributed by atoms with van der Waals surface area (Å²) in [5.41, 5.74) is 0. The smallest absolute Gasteiger partial charge is 0.359 e. The number of ketones is 1. The summed E-state index contributed by atoms with van der Waals surface area (Å²) in [5, 5.41) is 40.0. The minimum Gasteiger partial charge on any atom is -0.359 e. The van der Waals surface area contributed by atoms with Crippen LogP contribution in [-0.4, -0.2) is 47.6 Å². The predicted molar refractivity (Wildman–Crippen MR) is 47.7 cm³/mol. The fourth-order valence-electron chi connectivity index (χ4n) is 1.10. The number of nitrogens with zero attached hydrogens (tertiary/aromatic N) is 6. The molecule has 102 valence electrons. The van der Waals surface area contributed by atoms with Crippen molar-refractivity contribution in [1.29, 1.82) is 0 Å². The number of hydrogen-bond donors (Lipinski definition) is 4. The third kappa shape index (κ3) is 2.16. The van der Waals surface area contributed by atoms with Crippen LogP contribution in [0.1, 0.15) is 13.8 Å². The minimum absolute atomic E-state index is 0.766. The Hall–Kier alpha value is -2.41. The molecule has 0 saturated carbocycles. The summed E-state index contributed by atoms with van der Waals surface area (Å²) in [6.07, 6.45) is 0. The van der Waals surface area contributed by atoms with E-state index in [0.29, 0.717) is 0 Å². The second-order valence-electron chi connectivity index (χ2n) is 3.28. The molecule has 0 amide bonds. The summed E-state index contributed by atoms with van der Waals surface area (Å²) in [4.78, 5) is 31.5. The average Bonchev–Trinajstić information content (AvgIpc) is 2.37. The number of nitroso groups, excluding NO2 is 2. The molecule has 0 radical (unpaired) electrons. The van der Waals surface area contributed by atoms with Crippen molar-refractivity contribution in [1.82, 2.24) is 10.3 Å². The monoisotopic (exact) mass is 267 g/mol. The molecule has 0 aromatic rings. The van der Waals surface area contributed by atoms with Gasteiger partial charge >= 0.3 is 5.79 Å². The number of carbonyl (C=O) groups is 1. The van der Waals surface area contributed by atoms with Crippen molar-refractivity contribution >= 4 is 5.78 Å². The number of rotatable bonds is 7. The highest BCUT2D eigenvalue weighted by Gasteiger charge is 2.68. The van der Waals surface area contributed by atoms with E-state index in [9.17, 15) is 19.8 Å². The fraction of sp³-hybridized carbons (Fsp3) is 0.800. The lowest BCUT2D eigenvalue weighted by atomic mass is 10.0. The highest BCUT2D eigenvalue weighted by Crippen LogP contribution is 2.24. The molecule has 0 heterocycles. The van der Waals surface area contributed by atoms with Crippen molar-refractivity contribution in [3.8, 4) is 0 Å². The summed E-state index contributed by atoms with van der Waals surface area (Å²) in [6.45, 7) is 2.47. The molecule has 0 atom stereocenters. The summed E-state index contributed by atoms with van der Waals surface area (Å²) in [6, 6.07) is 0. The van der Waals surface area contributed by atoms with E-state index in [-0.39, 0.29) is 0 Å². The highest BCUT2D eigenvalue weighted by atomic mass is 16.7. The summed E-state index contributed by atoms with van der Waals surface area (Å²) in [7, 11) is 0. The van der Waals surface area contributed by atoms with Gasteiger partial charge in [-0.25, -0.2) is 0 Å². The van der Waals surface area contributed by atoms with Crippen molar-refractivity contribution in [3.05, 3.63) is 9.81 Å². The van der Waals surface area contributed by atoms with Crippen LogP contribution >= 0.6 is 0 Å². The molecule has 0 bridgehead atoms. The Morgan fingerprint density at radius 1 is 1.22 bits per heavy atom. The summed E-state index contributed by atoms with van der Waals surface area (Å²) in [5.74, 6) is -5.70. The summed E-state index contributed by atoms with van der Waals surface area (Å²) >= 11 is 0. The van der Waals surface area contributed by atoms with Gasteiger partial charge in [-0.1, -0.05) is 13.8 Å². The van der Waals surface area contributed by atoms with Crippen LogP contribution in [0.5, 0.6) is 0 Å². The van der Waals surface area contributed by atoms with Crippen molar-refractivity contribution in [2.75, 3.05) is 0 Å². The standard InChI is InChI=1S/C5H10N6O7/c1-3(2)4(12)5(9(16)6-13,10(17)7-14)11(18)8-15/h3,16-18H,1-2H3/p+1. The third-order valence-electron chi connectivity index (χ3n) is 1.93. The maximum Gasteiger partial charge on any atom is 0.537 e. The van der Waals surface area contributed by atoms with Gasteiger partial charge in [0.15, 0.2) is 4.86 Å². The third-order valence-corrected chi connectivity index (χ3v) is 1.93. The molecule has 0 aliphatic carbocycles. The van der Waals surface area contributed by atoms with E-state index in [1.54, 1.807) is 0 Å². The van der Waals surface area contributed by atoms with Crippen molar-refractivity contribution in [2.45, 2.75) is 19.6 Å². The van der Waals surface area contributed by atoms with Gasteiger partial charge < -0.3 is 5.21 Å². The lowest BCUT2D eigenvalue weighted by Crippen LogP contribution is -2.67. The summed E-state index contributed by atoms with van der Waals surface area (Å²) < 4.78 is 0. The van der Waals surface area contributed by atoms with Gasteiger partial charge in [0.1, 0.15) is 0 Å². The van der Waals surface area contributed by atoms with E-state index >= 15 is 0 Å². The molecule has 0 aromatic heterocycles. The van der Waals surface area contributed by atoms with Gasteiger partial charge in [-0.3, -0.25) is 20.4 Å². The molecule has 0 saturated heterocycles. The first-order valence-electron chi connectivity index (χ1n) is 4.33. The number of hydroxylamine groups is 3. The normalized spacial score (nSPS) is 12.2. The zero-order chi connectivity index (χ0) is 14.5. The Kier molecular flexibility index (Phi) is 5.01. The van der Waals surface area contributed by atoms with Crippen LogP contribution in [0.25, 0.3) is 0 Å². The Balaban J connectivity index is 6.11. The first kappa shape index (κ1) is 15.6. The average molecular weight is 267 g/mol. The van der Waals surface area contributed by atoms with E-state index in [2.05, 4.69) is 5.28 Å². The van der Waals surface area contributed by atoms with E-state index < -0.39 is 32.7 Å². The van der Waals surface area contributed by atoms with E-state index in [4.69, 9.17) is 15.6 Å². The molecule has 0 rings (SSSR count). The van der Waals surface area contributed by atoms with Crippen LogP contribution in [0.15, 0.2) is 15.8 Å². The van der Waals surface area contributed by atoms with Gasteiger partial charge in [0.2, 0.25) is 5.28 Å². The Morgan fingerprint density at radius 3 is 1.83 bits per heavy atom. The second-order valence-corrected chi connectivity index (χ2v) is 3.28. The molecule has 18 heavy (non-hydrogen) atoms. The minimum atomic E-state index is -3.34. The van der Waals surface area contributed by atoms with Crippen LogP contribution in [0.3, 0.4) is 0 Å². The quantitative estimate of drug-likeness (QED) is 0.160. The van der Waals surface area contributed by atoms with Gasteiger partial charge in [0, 0.05) is 5.92 Å². The zero-order valence-electron chi connectivity index (χ0n) is 9.27. The van der Waals surface area contributed by atoms with Crippen LogP contribution in [-0.2, 0) is 4.79 Å². The highest BCUT2D eigenvalue weighted by molar-refractivity contribution is 5.87. The van der Waals surface area contributed by atoms with E-state index in [1.165, 1.54) is 13.8 Å². The zero-order valence-corrected chi connectivity index (χ0v) is 9.27. The van der Waals surface area contributed by atoms with Crippen LogP contribution in [0, 0.1) is 15.7 Å². The molecule has 0 aromatic carbocycles. The molecule has 0 unspecified atom stereocenters. The molecule has 0 fully saturated rings. The SMILES string of the molecule is CC(C)C(=O)C(N(O)N=O)(N(O)N=O)/[N+](O)=N/O. The van der Waals surface area contributed by atoms with Crippen molar-refractivity contribution < 1.29 is 30.5 Å². The lowest BCUT2D eigenvalue weighted by molar-refractivity contribution is -0.915. The predicted octanol–water partition coefficient (Wildman–Crippen LogP) is -0.146. The van der Waals surface area contributed by atoms with Crippen LogP contribution < -0.4 is 0 Å². The Labute approximate surface area is 98.9 Å². The van der Waals surface area contributed by atoms with Crippen LogP contribution in [0.4, 0.5) is 0 Å². The number of hydrogen-bond acceptors (Lipinski definition) is 8. The Morgan fingerprint density at radius 2 is 1.61 bits per heavy atom. The van der Waals surface area contributed by atoms with Crippen LogP contribution in [0.2, 0.25) is 0 Å². The maximum atomic E-state index is 11.8. The maximum absolute atomic E-state index is 11.8. The van der Waals surface area contributed by atoms with Gasteiger partial charge in [0.05, 0.1) is 10.6 Å². The first-order chi connectivity index (χ1) is 8.30. The Bertz CT molecular complexity index is 355. The molecule has 0 aliphatic rings. The van der Waals surface area contributed by atoms with Gasteiger partial charge in [-0.2, -0.15) is 0 Å². The molecule has 13 heteroatoms. The second kappa shape index (κ2) is 5.78. The topological polar surface area (TPSA) is 179 Å². The van der Waals surface area contributed by atoms with Crippen molar-refractivity contribution in [2.24, 2.45) is 21.8 Å². The molecule has 0 aliphatic heterocycles. The van der Waals surface area contributed by atoms with Gasteiger partial charge in [-0.05, 0) is 10.3 Å². The molecule has 4 N–H and O–H groups in total. The molecule has 13 nitrogen and oxygen atoms in total. The largest absolute Gasteiger partial charge is 0.537 e.